The topological polar surface area (TPSA) is 84.3 Å². The van der Waals surface area contributed by atoms with Crippen LogP contribution in [0.25, 0.3) is 0 Å². The molecular weight excluding hydrogens is 250 g/mol. The first-order chi connectivity index (χ1) is 7.40. The number of thioether (sulfide) groups is 1. The molecule has 0 aliphatic rings. The normalized spacial score (nSPS) is 11.3. The molecule has 0 aliphatic heterocycles. The van der Waals surface area contributed by atoms with Crippen LogP contribution in [0.15, 0.2) is 23.4 Å². The first-order valence-electron chi connectivity index (χ1n) is 4.38. The predicted molar refractivity (Wildman–Crippen MR) is 61.6 cm³/mol. The summed E-state index contributed by atoms with van der Waals surface area (Å²) in [4.78, 5) is 15.1. The molecule has 0 radical (unpaired) electrons. The van der Waals surface area contributed by atoms with E-state index < -0.39 is 15.8 Å². The third-order valence-corrected chi connectivity index (χ3v) is 4.00. The molecule has 0 bridgehead atoms. The van der Waals surface area contributed by atoms with Gasteiger partial charge in [0, 0.05) is 29.3 Å². The van der Waals surface area contributed by atoms with Crippen LogP contribution in [0, 0.1) is 0 Å². The third kappa shape index (κ3) is 4.19. The monoisotopic (exact) mass is 261 g/mol. The highest BCUT2D eigenvalue weighted by Gasteiger charge is 2.11. The van der Waals surface area contributed by atoms with Gasteiger partial charge in [-0.3, -0.25) is 4.98 Å². The van der Waals surface area contributed by atoms with Crippen molar-refractivity contribution < 1.29 is 18.3 Å². The van der Waals surface area contributed by atoms with Gasteiger partial charge in [-0.05, 0) is 6.07 Å². The van der Waals surface area contributed by atoms with Crippen LogP contribution in [-0.2, 0) is 9.84 Å². The van der Waals surface area contributed by atoms with Gasteiger partial charge in [0.25, 0.3) is 0 Å². The zero-order valence-corrected chi connectivity index (χ0v) is 10.2. The van der Waals surface area contributed by atoms with Gasteiger partial charge in [0.15, 0.2) is 0 Å². The van der Waals surface area contributed by atoms with Crippen LogP contribution in [-0.4, -0.2) is 42.2 Å². The fraction of sp³-hybridized carbons (Fsp3) is 0.333. The SMILES string of the molecule is CS(=O)(=O)CCSc1ccncc1C(=O)O. The summed E-state index contributed by atoms with van der Waals surface area (Å²) < 4.78 is 21.8. The zero-order valence-electron chi connectivity index (χ0n) is 8.58. The molecule has 7 heteroatoms. The third-order valence-electron chi connectivity index (χ3n) is 1.72. The van der Waals surface area contributed by atoms with E-state index in [0.717, 1.165) is 6.26 Å². The number of rotatable bonds is 5. The fourth-order valence-electron chi connectivity index (χ4n) is 0.971. The summed E-state index contributed by atoms with van der Waals surface area (Å²) >= 11 is 1.20. The molecule has 88 valence electrons. The van der Waals surface area contributed by atoms with Crippen molar-refractivity contribution in [2.45, 2.75) is 4.90 Å². The number of carboxylic acids is 1. The Morgan fingerprint density at radius 3 is 2.81 bits per heavy atom. The number of nitrogens with zero attached hydrogens (tertiary/aromatic N) is 1. The standard InChI is InChI=1S/C9H11NO4S2/c1-16(13,14)5-4-15-8-2-3-10-6-7(8)9(11)12/h2-3,6H,4-5H2,1H3,(H,11,12). The minimum absolute atomic E-state index is 0.0268. The van der Waals surface area contributed by atoms with Crippen LogP contribution in [0.5, 0.6) is 0 Å². The molecule has 1 N–H and O–H groups in total. The summed E-state index contributed by atoms with van der Waals surface area (Å²) in [7, 11) is -3.01. The second-order valence-electron chi connectivity index (χ2n) is 3.16. The van der Waals surface area contributed by atoms with E-state index in [-0.39, 0.29) is 11.3 Å². The molecule has 0 aliphatic carbocycles. The molecule has 0 saturated heterocycles. The van der Waals surface area contributed by atoms with Crippen molar-refractivity contribution in [3.63, 3.8) is 0 Å². The highest BCUT2D eigenvalue weighted by atomic mass is 32.2. The smallest absolute Gasteiger partial charge is 0.338 e. The van der Waals surface area contributed by atoms with Crippen LogP contribution < -0.4 is 0 Å². The van der Waals surface area contributed by atoms with E-state index in [2.05, 4.69) is 4.98 Å². The quantitative estimate of drug-likeness (QED) is 0.793. The maximum atomic E-state index is 10.9. The van der Waals surface area contributed by atoms with E-state index in [1.54, 1.807) is 6.07 Å². The molecule has 1 rings (SSSR count). The molecular formula is C9H11NO4S2. The Labute approximate surface area is 97.8 Å². The zero-order chi connectivity index (χ0) is 12.2. The summed E-state index contributed by atoms with van der Waals surface area (Å²) in [5, 5.41) is 8.85. The maximum Gasteiger partial charge on any atom is 0.338 e. The van der Waals surface area contributed by atoms with Crippen LogP contribution in [0.1, 0.15) is 10.4 Å². The van der Waals surface area contributed by atoms with Gasteiger partial charge in [-0.25, -0.2) is 13.2 Å². The molecule has 0 aromatic carbocycles. The van der Waals surface area contributed by atoms with Gasteiger partial charge in [-0.1, -0.05) is 0 Å². The van der Waals surface area contributed by atoms with E-state index in [1.165, 1.54) is 24.2 Å². The molecule has 1 aromatic heterocycles. The van der Waals surface area contributed by atoms with Crippen molar-refractivity contribution in [2.24, 2.45) is 0 Å². The van der Waals surface area contributed by atoms with E-state index in [1.807, 2.05) is 0 Å². The Balaban J connectivity index is 2.71. The molecule has 1 heterocycles. The second kappa shape index (κ2) is 5.31. The molecule has 5 nitrogen and oxygen atoms in total. The van der Waals surface area contributed by atoms with Crippen molar-refractivity contribution >= 4 is 27.6 Å². The van der Waals surface area contributed by atoms with E-state index in [9.17, 15) is 13.2 Å². The predicted octanol–water partition coefficient (Wildman–Crippen LogP) is 0.917. The van der Waals surface area contributed by atoms with Crippen LogP contribution in [0.4, 0.5) is 0 Å². The molecule has 0 unspecified atom stereocenters. The molecule has 0 saturated carbocycles. The summed E-state index contributed by atoms with van der Waals surface area (Å²) in [6.07, 6.45) is 3.89. The largest absolute Gasteiger partial charge is 0.478 e. The highest BCUT2D eigenvalue weighted by molar-refractivity contribution is 8.00. The van der Waals surface area contributed by atoms with E-state index in [0.29, 0.717) is 10.6 Å². The lowest BCUT2D eigenvalue weighted by atomic mass is 10.3. The number of carboxylic acid groups (broad SMARTS) is 1. The second-order valence-corrected chi connectivity index (χ2v) is 6.55. The van der Waals surface area contributed by atoms with Crippen molar-refractivity contribution in [3.8, 4) is 0 Å². The minimum Gasteiger partial charge on any atom is -0.478 e. The molecule has 0 amide bonds. The van der Waals surface area contributed by atoms with Gasteiger partial charge in [0.05, 0.1) is 11.3 Å². The Bertz CT molecular complexity index is 484. The molecule has 0 spiro atoms. The van der Waals surface area contributed by atoms with E-state index in [4.69, 9.17) is 5.11 Å². The minimum atomic E-state index is -3.01. The molecule has 0 atom stereocenters. The highest BCUT2D eigenvalue weighted by Crippen LogP contribution is 2.21. The first kappa shape index (κ1) is 13.0. The number of sulfone groups is 1. The molecule has 0 fully saturated rings. The lowest BCUT2D eigenvalue weighted by Gasteiger charge is -2.03. The number of aromatic nitrogens is 1. The summed E-state index contributed by atoms with van der Waals surface area (Å²) in [5.41, 5.74) is 0.0981. The maximum absolute atomic E-state index is 10.9. The van der Waals surface area contributed by atoms with Crippen LogP contribution in [0.3, 0.4) is 0 Å². The van der Waals surface area contributed by atoms with Gasteiger partial charge in [-0.2, -0.15) is 0 Å². The fourth-order valence-corrected chi connectivity index (χ4v) is 3.19. The Morgan fingerprint density at radius 1 is 1.56 bits per heavy atom. The number of aromatic carboxylic acids is 1. The number of hydrogen-bond acceptors (Lipinski definition) is 5. The average Bonchev–Trinajstić information content (AvgIpc) is 2.16. The average molecular weight is 261 g/mol. The molecule has 1 aromatic rings. The number of pyridine rings is 1. The van der Waals surface area contributed by atoms with Gasteiger partial charge in [0.1, 0.15) is 9.84 Å². The van der Waals surface area contributed by atoms with E-state index >= 15 is 0 Å². The Kier molecular flexibility index (Phi) is 4.31. The Morgan fingerprint density at radius 2 is 2.25 bits per heavy atom. The van der Waals surface area contributed by atoms with Crippen molar-refractivity contribution in [1.82, 2.24) is 4.98 Å². The summed E-state index contributed by atoms with van der Waals surface area (Å²) in [6, 6.07) is 1.57. The molecule has 16 heavy (non-hydrogen) atoms. The van der Waals surface area contributed by atoms with Crippen LogP contribution >= 0.6 is 11.8 Å². The number of carbonyl (C=O) groups is 1. The van der Waals surface area contributed by atoms with Crippen molar-refractivity contribution in [1.29, 1.82) is 0 Å². The summed E-state index contributed by atoms with van der Waals surface area (Å²) in [5.74, 6) is -0.697. The van der Waals surface area contributed by atoms with Crippen molar-refractivity contribution in [2.75, 3.05) is 17.8 Å². The summed E-state index contributed by atoms with van der Waals surface area (Å²) in [6.45, 7) is 0. The number of hydrogen-bond donors (Lipinski definition) is 1. The lowest BCUT2D eigenvalue weighted by molar-refractivity contribution is 0.0692. The van der Waals surface area contributed by atoms with Crippen molar-refractivity contribution in [3.05, 3.63) is 24.0 Å². The van der Waals surface area contributed by atoms with Gasteiger partial charge >= 0.3 is 5.97 Å². The van der Waals surface area contributed by atoms with Crippen LogP contribution in [0.2, 0.25) is 0 Å². The Hall–Kier alpha value is -1.08. The first-order valence-corrected chi connectivity index (χ1v) is 7.42. The van der Waals surface area contributed by atoms with Gasteiger partial charge in [-0.15, -0.1) is 11.8 Å². The van der Waals surface area contributed by atoms with Gasteiger partial charge < -0.3 is 5.11 Å². The van der Waals surface area contributed by atoms with Gasteiger partial charge in [0.2, 0.25) is 0 Å². The lowest BCUT2D eigenvalue weighted by Crippen LogP contribution is -2.06.